The van der Waals surface area contributed by atoms with Gasteiger partial charge in [0.2, 0.25) is 5.91 Å². The Morgan fingerprint density at radius 3 is 2.81 bits per heavy atom. The summed E-state index contributed by atoms with van der Waals surface area (Å²) in [4.78, 5) is 11.3. The summed E-state index contributed by atoms with van der Waals surface area (Å²) < 4.78 is 5.83. The van der Waals surface area contributed by atoms with Crippen molar-refractivity contribution in [2.75, 3.05) is 11.9 Å². The van der Waals surface area contributed by atoms with E-state index in [4.69, 9.17) is 10.5 Å². The second-order valence-electron chi connectivity index (χ2n) is 6.00. The molecule has 5 heteroatoms. The van der Waals surface area contributed by atoms with E-state index in [-0.39, 0.29) is 18.6 Å². The van der Waals surface area contributed by atoms with E-state index < -0.39 is 6.10 Å². The van der Waals surface area contributed by atoms with Gasteiger partial charge in [0.15, 0.2) is 0 Å². The van der Waals surface area contributed by atoms with Crippen LogP contribution in [0.3, 0.4) is 0 Å². The minimum absolute atomic E-state index is 0.0448. The Bertz CT molecular complexity index is 502. The van der Waals surface area contributed by atoms with Crippen LogP contribution in [0.4, 0.5) is 5.69 Å². The van der Waals surface area contributed by atoms with Crippen LogP contribution < -0.4 is 15.8 Å². The van der Waals surface area contributed by atoms with Gasteiger partial charge >= 0.3 is 0 Å². The number of rotatable bonds is 6. The molecule has 0 saturated heterocycles. The standard InChI is InChI=1S/C16H24N2O3/c1-10(2)7-13(17)15(9-19)21-12-4-5-14-11(8-12)3-6-16(20)18-14/h4-5,8,10,13,15,19H,3,6-7,9,17H2,1-2H3,(H,18,20). The van der Waals surface area contributed by atoms with Gasteiger partial charge in [0, 0.05) is 18.2 Å². The maximum atomic E-state index is 11.3. The third kappa shape index (κ3) is 4.19. The number of aliphatic hydroxyl groups is 1. The lowest BCUT2D eigenvalue weighted by Gasteiger charge is -2.25. The highest BCUT2D eigenvalue weighted by Gasteiger charge is 2.21. The molecular formula is C16H24N2O3. The monoisotopic (exact) mass is 292 g/mol. The summed E-state index contributed by atoms with van der Waals surface area (Å²) in [6.07, 6.45) is 1.59. The van der Waals surface area contributed by atoms with Crippen molar-refractivity contribution in [1.29, 1.82) is 0 Å². The number of hydrogen-bond donors (Lipinski definition) is 3. The van der Waals surface area contributed by atoms with E-state index in [1.165, 1.54) is 0 Å². The molecule has 1 heterocycles. The molecule has 0 spiro atoms. The van der Waals surface area contributed by atoms with E-state index in [2.05, 4.69) is 19.2 Å². The number of fused-ring (bicyclic) bond motifs is 1. The van der Waals surface area contributed by atoms with Gasteiger partial charge in [0.05, 0.1) is 6.61 Å². The largest absolute Gasteiger partial charge is 0.486 e. The Hall–Kier alpha value is -1.59. The quantitative estimate of drug-likeness (QED) is 0.745. The zero-order chi connectivity index (χ0) is 15.4. The number of carbonyl (C=O) groups excluding carboxylic acids is 1. The number of amides is 1. The molecule has 0 aliphatic carbocycles. The van der Waals surface area contributed by atoms with Crippen LogP contribution in [0.1, 0.15) is 32.3 Å². The summed E-state index contributed by atoms with van der Waals surface area (Å²) in [5.41, 5.74) is 7.99. The van der Waals surface area contributed by atoms with Crippen molar-refractivity contribution in [2.24, 2.45) is 11.7 Å². The number of anilines is 1. The van der Waals surface area contributed by atoms with Crippen molar-refractivity contribution < 1.29 is 14.6 Å². The molecule has 21 heavy (non-hydrogen) atoms. The first-order chi connectivity index (χ1) is 9.99. The van der Waals surface area contributed by atoms with Gasteiger partial charge in [0.1, 0.15) is 11.9 Å². The summed E-state index contributed by atoms with van der Waals surface area (Å²) in [5, 5.41) is 12.3. The molecule has 1 amide bonds. The van der Waals surface area contributed by atoms with E-state index in [0.29, 0.717) is 24.5 Å². The fourth-order valence-electron chi connectivity index (χ4n) is 2.56. The fraction of sp³-hybridized carbons (Fsp3) is 0.562. The van der Waals surface area contributed by atoms with Crippen molar-refractivity contribution in [1.82, 2.24) is 0 Å². The molecule has 2 rings (SSSR count). The topological polar surface area (TPSA) is 84.6 Å². The second-order valence-corrected chi connectivity index (χ2v) is 6.00. The number of aliphatic hydroxyl groups excluding tert-OH is 1. The highest BCUT2D eigenvalue weighted by Crippen LogP contribution is 2.27. The molecule has 4 N–H and O–H groups in total. The fourth-order valence-corrected chi connectivity index (χ4v) is 2.56. The van der Waals surface area contributed by atoms with Crippen molar-refractivity contribution in [2.45, 2.75) is 45.3 Å². The number of nitrogens with one attached hydrogen (secondary N) is 1. The number of aryl methyl sites for hydroxylation is 1. The molecule has 116 valence electrons. The van der Waals surface area contributed by atoms with Crippen LogP contribution in [0.5, 0.6) is 5.75 Å². The van der Waals surface area contributed by atoms with Gasteiger partial charge in [-0.2, -0.15) is 0 Å². The average Bonchev–Trinajstić information content (AvgIpc) is 2.43. The van der Waals surface area contributed by atoms with Crippen LogP contribution in [0.25, 0.3) is 0 Å². The SMILES string of the molecule is CC(C)CC(N)C(CO)Oc1ccc2c(c1)CCC(=O)N2. The van der Waals surface area contributed by atoms with E-state index in [0.717, 1.165) is 17.7 Å². The molecule has 2 unspecified atom stereocenters. The predicted molar refractivity (Wildman–Crippen MR) is 82.3 cm³/mol. The summed E-state index contributed by atoms with van der Waals surface area (Å²) in [7, 11) is 0. The first-order valence-corrected chi connectivity index (χ1v) is 7.45. The van der Waals surface area contributed by atoms with Crippen LogP contribution in [-0.4, -0.2) is 29.8 Å². The van der Waals surface area contributed by atoms with Crippen molar-refractivity contribution >= 4 is 11.6 Å². The van der Waals surface area contributed by atoms with E-state index in [1.807, 2.05) is 12.1 Å². The van der Waals surface area contributed by atoms with Gasteiger partial charge in [-0.1, -0.05) is 13.8 Å². The smallest absolute Gasteiger partial charge is 0.224 e. The molecule has 0 bridgehead atoms. The van der Waals surface area contributed by atoms with Crippen LogP contribution in [-0.2, 0) is 11.2 Å². The summed E-state index contributed by atoms with van der Waals surface area (Å²) in [6.45, 7) is 4.08. The average molecular weight is 292 g/mol. The molecule has 0 aromatic heterocycles. The zero-order valence-corrected chi connectivity index (χ0v) is 12.6. The highest BCUT2D eigenvalue weighted by atomic mass is 16.5. The zero-order valence-electron chi connectivity index (χ0n) is 12.6. The Labute approximate surface area is 125 Å². The van der Waals surface area contributed by atoms with Gasteiger partial charge in [0.25, 0.3) is 0 Å². The van der Waals surface area contributed by atoms with E-state index in [1.54, 1.807) is 6.07 Å². The molecular weight excluding hydrogens is 268 g/mol. The number of benzene rings is 1. The first kappa shape index (κ1) is 15.8. The molecule has 1 aromatic carbocycles. The minimum atomic E-state index is -0.413. The molecule has 0 saturated carbocycles. The molecule has 0 fully saturated rings. The van der Waals surface area contributed by atoms with Gasteiger partial charge in [-0.15, -0.1) is 0 Å². The highest BCUT2D eigenvalue weighted by molar-refractivity contribution is 5.93. The number of ether oxygens (including phenoxy) is 1. The molecule has 1 aromatic rings. The first-order valence-electron chi connectivity index (χ1n) is 7.45. The third-order valence-corrected chi connectivity index (χ3v) is 3.66. The maximum absolute atomic E-state index is 11.3. The number of nitrogens with two attached hydrogens (primary N) is 1. The third-order valence-electron chi connectivity index (χ3n) is 3.66. The van der Waals surface area contributed by atoms with E-state index >= 15 is 0 Å². The molecule has 5 nitrogen and oxygen atoms in total. The van der Waals surface area contributed by atoms with Crippen LogP contribution in [0.15, 0.2) is 18.2 Å². The van der Waals surface area contributed by atoms with Gasteiger partial charge < -0.3 is 20.9 Å². The van der Waals surface area contributed by atoms with Crippen LogP contribution in [0.2, 0.25) is 0 Å². The molecule has 0 radical (unpaired) electrons. The lowest BCUT2D eigenvalue weighted by atomic mass is 10.00. The summed E-state index contributed by atoms with van der Waals surface area (Å²) >= 11 is 0. The van der Waals surface area contributed by atoms with Crippen LogP contribution >= 0.6 is 0 Å². The molecule has 1 aliphatic rings. The number of carbonyl (C=O) groups is 1. The van der Waals surface area contributed by atoms with Crippen molar-refractivity contribution in [3.05, 3.63) is 23.8 Å². The minimum Gasteiger partial charge on any atom is -0.486 e. The maximum Gasteiger partial charge on any atom is 0.224 e. The lowest BCUT2D eigenvalue weighted by molar-refractivity contribution is -0.116. The van der Waals surface area contributed by atoms with Crippen LogP contribution in [0, 0.1) is 5.92 Å². The number of hydrogen-bond acceptors (Lipinski definition) is 4. The Balaban J connectivity index is 2.06. The van der Waals surface area contributed by atoms with Gasteiger partial charge in [-0.25, -0.2) is 0 Å². The van der Waals surface area contributed by atoms with E-state index in [9.17, 15) is 9.90 Å². The molecule has 2 atom stereocenters. The second kappa shape index (κ2) is 6.91. The normalized spacial score (nSPS) is 17.1. The predicted octanol–water partition coefficient (Wildman–Crippen LogP) is 1.68. The Kier molecular flexibility index (Phi) is 5.20. The lowest BCUT2D eigenvalue weighted by Crippen LogP contribution is -2.42. The van der Waals surface area contributed by atoms with Crippen molar-refractivity contribution in [3.8, 4) is 5.75 Å². The Morgan fingerprint density at radius 2 is 2.14 bits per heavy atom. The van der Waals surface area contributed by atoms with Gasteiger partial charge in [-0.05, 0) is 42.5 Å². The Morgan fingerprint density at radius 1 is 1.38 bits per heavy atom. The molecule has 1 aliphatic heterocycles. The summed E-state index contributed by atoms with van der Waals surface area (Å²) in [6, 6.07) is 5.35. The summed E-state index contributed by atoms with van der Waals surface area (Å²) in [5.74, 6) is 1.18. The van der Waals surface area contributed by atoms with Gasteiger partial charge in [-0.3, -0.25) is 4.79 Å². The van der Waals surface area contributed by atoms with Crippen molar-refractivity contribution in [3.63, 3.8) is 0 Å².